The number of hydrogen-bond acceptors (Lipinski definition) is 3. The van der Waals surface area contributed by atoms with Crippen LogP contribution < -0.4 is 10.6 Å². The standard InChI is InChI=1S/C14H20ClN3O2/c1-10-3-4-11(7-13(10)15)17-14(19)18-5-6-20-12(9-18)8-16-2/h3-4,7,12,16H,5-6,8-9H2,1-2H3,(H,17,19). The predicted molar refractivity (Wildman–Crippen MR) is 80.4 cm³/mol. The van der Waals surface area contributed by atoms with Crippen LogP contribution in [0.4, 0.5) is 10.5 Å². The fourth-order valence-corrected chi connectivity index (χ4v) is 2.31. The van der Waals surface area contributed by atoms with Crippen LogP contribution in [-0.2, 0) is 4.74 Å². The predicted octanol–water partition coefficient (Wildman–Crippen LogP) is 2.10. The van der Waals surface area contributed by atoms with Gasteiger partial charge in [0, 0.05) is 30.3 Å². The molecule has 0 aliphatic carbocycles. The number of halogens is 1. The summed E-state index contributed by atoms with van der Waals surface area (Å²) in [6.45, 7) is 4.42. The van der Waals surface area contributed by atoms with Gasteiger partial charge in [-0.2, -0.15) is 0 Å². The monoisotopic (exact) mass is 297 g/mol. The minimum atomic E-state index is -0.116. The summed E-state index contributed by atoms with van der Waals surface area (Å²) in [5, 5.41) is 6.58. The molecule has 1 fully saturated rings. The van der Waals surface area contributed by atoms with E-state index in [-0.39, 0.29) is 12.1 Å². The maximum Gasteiger partial charge on any atom is 0.322 e. The number of aryl methyl sites for hydroxylation is 1. The van der Waals surface area contributed by atoms with E-state index in [2.05, 4.69) is 10.6 Å². The van der Waals surface area contributed by atoms with Crippen LogP contribution in [0.25, 0.3) is 0 Å². The van der Waals surface area contributed by atoms with E-state index in [1.807, 2.05) is 26.1 Å². The number of morpholine rings is 1. The van der Waals surface area contributed by atoms with Crippen LogP contribution in [-0.4, -0.2) is 50.3 Å². The zero-order valence-electron chi connectivity index (χ0n) is 11.8. The van der Waals surface area contributed by atoms with E-state index in [4.69, 9.17) is 16.3 Å². The molecule has 5 nitrogen and oxygen atoms in total. The first-order valence-electron chi connectivity index (χ1n) is 6.68. The van der Waals surface area contributed by atoms with Gasteiger partial charge in [-0.3, -0.25) is 0 Å². The average molecular weight is 298 g/mol. The Kier molecular flexibility index (Phi) is 5.23. The first-order valence-corrected chi connectivity index (χ1v) is 7.06. The van der Waals surface area contributed by atoms with Crippen LogP contribution in [0.5, 0.6) is 0 Å². The molecule has 6 heteroatoms. The number of anilines is 1. The SMILES string of the molecule is CNCC1CN(C(=O)Nc2ccc(C)c(Cl)c2)CCO1. The summed E-state index contributed by atoms with van der Waals surface area (Å²) in [7, 11) is 1.87. The molecule has 1 aromatic rings. The van der Waals surface area contributed by atoms with E-state index in [0.29, 0.717) is 30.4 Å². The van der Waals surface area contributed by atoms with Gasteiger partial charge in [0.15, 0.2) is 0 Å². The number of urea groups is 1. The van der Waals surface area contributed by atoms with E-state index >= 15 is 0 Å². The zero-order valence-corrected chi connectivity index (χ0v) is 12.5. The second-order valence-corrected chi connectivity index (χ2v) is 5.30. The molecule has 20 heavy (non-hydrogen) atoms. The fourth-order valence-electron chi connectivity index (χ4n) is 2.13. The van der Waals surface area contributed by atoms with Crippen molar-refractivity contribution in [2.75, 3.05) is 38.6 Å². The third kappa shape index (κ3) is 3.85. The van der Waals surface area contributed by atoms with Crippen molar-refractivity contribution in [3.63, 3.8) is 0 Å². The molecule has 1 heterocycles. The lowest BCUT2D eigenvalue weighted by Crippen LogP contribution is -2.49. The molecule has 2 N–H and O–H groups in total. The molecular formula is C14H20ClN3O2. The molecule has 0 saturated carbocycles. The number of nitrogens with one attached hydrogen (secondary N) is 2. The summed E-state index contributed by atoms with van der Waals surface area (Å²) in [6, 6.07) is 5.39. The van der Waals surface area contributed by atoms with Crippen molar-refractivity contribution in [1.82, 2.24) is 10.2 Å². The Hall–Kier alpha value is -1.30. The average Bonchev–Trinajstić information content (AvgIpc) is 2.43. The van der Waals surface area contributed by atoms with Crippen molar-refractivity contribution >= 4 is 23.3 Å². The summed E-state index contributed by atoms with van der Waals surface area (Å²) < 4.78 is 5.58. The lowest BCUT2D eigenvalue weighted by Gasteiger charge is -2.32. The maximum absolute atomic E-state index is 12.2. The van der Waals surface area contributed by atoms with Gasteiger partial charge in [-0.1, -0.05) is 17.7 Å². The van der Waals surface area contributed by atoms with Gasteiger partial charge in [0.2, 0.25) is 0 Å². The highest BCUT2D eigenvalue weighted by molar-refractivity contribution is 6.31. The largest absolute Gasteiger partial charge is 0.373 e. The molecule has 0 spiro atoms. The third-order valence-corrected chi connectivity index (χ3v) is 3.69. The van der Waals surface area contributed by atoms with E-state index in [1.165, 1.54) is 0 Å². The molecule has 1 aliphatic heterocycles. The fraction of sp³-hybridized carbons (Fsp3) is 0.500. The van der Waals surface area contributed by atoms with Crippen molar-refractivity contribution in [1.29, 1.82) is 0 Å². The number of rotatable bonds is 3. The van der Waals surface area contributed by atoms with E-state index < -0.39 is 0 Å². The number of amides is 2. The highest BCUT2D eigenvalue weighted by Gasteiger charge is 2.23. The number of likely N-dealkylation sites (N-methyl/N-ethyl adjacent to an activating group) is 1. The Balaban J connectivity index is 1.95. The van der Waals surface area contributed by atoms with Crippen LogP contribution in [0.3, 0.4) is 0 Å². The van der Waals surface area contributed by atoms with E-state index in [9.17, 15) is 4.79 Å². The van der Waals surface area contributed by atoms with Crippen LogP contribution in [0, 0.1) is 6.92 Å². The Morgan fingerprint density at radius 2 is 2.35 bits per heavy atom. The summed E-state index contributed by atoms with van der Waals surface area (Å²) in [4.78, 5) is 14.0. The van der Waals surface area contributed by atoms with Crippen molar-refractivity contribution < 1.29 is 9.53 Å². The van der Waals surface area contributed by atoms with Crippen molar-refractivity contribution in [3.8, 4) is 0 Å². The number of benzene rings is 1. The molecular weight excluding hydrogens is 278 g/mol. The van der Waals surface area contributed by atoms with Crippen molar-refractivity contribution in [2.24, 2.45) is 0 Å². The maximum atomic E-state index is 12.2. The summed E-state index contributed by atoms with van der Waals surface area (Å²) in [5.74, 6) is 0. The van der Waals surface area contributed by atoms with E-state index in [1.54, 1.807) is 11.0 Å². The highest BCUT2D eigenvalue weighted by Crippen LogP contribution is 2.20. The Labute approximate surface area is 124 Å². The Morgan fingerprint density at radius 1 is 1.55 bits per heavy atom. The summed E-state index contributed by atoms with van der Waals surface area (Å²) in [6.07, 6.45) is 0.0427. The molecule has 0 bridgehead atoms. The van der Waals surface area contributed by atoms with Gasteiger partial charge in [-0.05, 0) is 31.7 Å². The minimum absolute atomic E-state index is 0.0427. The Bertz CT molecular complexity index is 479. The van der Waals surface area contributed by atoms with Gasteiger partial charge in [0.25, 0.3) is 0 Å². The van der Waals surface area contributed by atoms with Crippen molar-refractivity contribution in [3.05, 3.63) is 28.8 Å². The molecule has 1 unspecified atom stereocenters. The third-order valence-electron chi connectivity index (χ3n) is 3.28. The number of ether oxygens (including phenoxy) is 1. The lowest BCUT2D eigenvalue weighted by molar-refractivity contribution is -0.00999. The highest BCUT2D eigenvalue weighted by atomic mass is 35.5. The molecule has 2 rings (SSSR count). The first-order chi connectivity index (χ1) is 9.60. The number of nitrogens with zero attached hydrogens (tertiary/aromatic N) is 1. The quantitative estimate of drug-likeness (QED) is 0.898. The Morgan fingerprint density at radius 3 is 3.05 bits per heavy atom. The first kappa shape index (κ1) is 15.1. The van der Waals surface area contributed by atoms with Crippen LogP contribution in [0.15, 0.2) is 18.2 Å². The summed E-state index contributed by atoms with van der Waals surface area (Å²) >= 11 is 6.05. The number of hydrogen-bond donors (Lipinski definition) is 2. The van der Waals surface area contributed by atoms with Gasteiger partial charge in [-0.15, -0.1) is 0 Å². The molecule has 1 aromatic carbocycles. The molecule has 1 aliphatic rings. The van der Waals surface area contributed by atoms with Crippen molar-refractivity contribution in [2.45, 2.75) is 13.0 Å². The van der Waals surface area contributed by atoms with Gasteiger partial charge >= 0.3 is 6.03 Å². The molecule has 0 radical (unpaired) electrons. The molecule has 1 atom stereocenters. The van der Waals surface area contributed by atoms with Gasteiger partial charge in [0.1, 0.15) is 0 Å². The molecule has 2 amide bonds. The van der Waals surface area contributed by atoms with Gasteiger partial charge in [-0.25, -0.2) is 4.79 Å². The van der Waals surface area contributed by atoms with Gasteiger partial charge in [0.05, 0.1) is 12.7 Å². The number of carbonyl (C=O) groups excluding carboxylic acids is 1. The normalized spacial score (nSPS) is 18.9. The minimum Gasteiger partial charge on any atom is -0.373 e. The van der Waals surface area contributed by atoms with Gasteiger partial charge < -0.3 is 20.3 Å². The van der Waals surface area contributed by atoms with Crippen LogP contribution in [0.1, 0.15) is 5.56 Å². The summed E-state index contributed by atoms with van der Waals surface area (Å²) in [5.41, 5.74) is 1.70. The van der Waals surface area contributed by atoms with E-state index in [0.717, 1.165) is 12.1 Å². The topological polar surface area (TPSA) is 53.6 Å². The second-order valence-electron chi connectivity index (χ2n) is 4.89. The second kappa shape index (κ2) is 6.92. The number of carbonyl (C=O) groups is 1. The molecule has 0 aromatic heterocycles. The molecule has 1 saturated heterocycles. The zero-order chi connectivity index (χ0) is 14.5. The lowest BCUT2D eigenvalue weighted by atomic mass is 10.2. The molecule has 110 valence electrons. The van der Waals surface area contributed by atoms with Crippen LogP contribution in [0.2, 0.25) is 5.02 Å². The smallest absolute Gasteiger partial charge is 0.322 e. The van der Waals surface area contributed by atoms with Crippen LogP contribution >= 0.6 is 11.6 Å².